The predicted molar refractivity (Wildman–Crippen MR) is 91.7 cm³/mol. The van der Waals surface area contributed by atoms with Crippen LogP contribution in [0.5, 0.6) is 5.75 Å². The van der Waals surface area contributed by atoms with Crippen molar-refractivity contribution < 1.29 is 10.2 Å². The minimum Gasteiger partial charge on any atom is -0.507 e. The van der Waals surface area contributed by atoms with Crippen LogP contribution in [-0.2, 0) is 0 Å². The van der Waals surface area contributed by atoms with Crippen LogP contribution in [0.2, 0.25) is 0 Å². The Labute approximate surface area is 139 Å². The largest absolute Gasteiger partial charge is 0.507 e. The maximum absolute atomic E-state index is 10.8. The molecule has 124 valence electrons. The van der Waals surface area contributed by atoms with Crippen molar-refractivity contribution in [2.75, 3.05) is 5.32 Å². The van der Waals surface area contributed by atoms with E-state index in [2.05, 4.69) is 15.4 Å². The van der Waals surface area contributed by atoms with Gasteiger partial charge in [0.2, 0.25) is 0 Å². The van der Waals surface area contributed by atoms with Gasteiger partial charge in [0, 0.05) is 11.9 Å². The molecule has 0 saturated heterocycles. The third kappa shape index (κ3) is 2.59. The van der Waals surface area contributed by atoms with E-state index in [-0.39, 0.29) is 5.75 Å². The first-order valence-corrected chi connectivity index (χ1v) is 8.28. The average molecular weight is 324 g/mol. The number of phenols is 1. The van der Waals surface area contributed by atoms with Gasteiger partial charge in [-0.25, -0.2) is 9.50 Å². The van der Waals surface area contributed by atoms with Crippen molar-refractivity contribution in [1.29, 1.82) is 0 Å². The smallest absolute Gasteiger partial charge is 0.154 e. The molecule has 1 aliphatic carbocycles. The standard InChI is InChI=1S/C18H20N4O2/c23-15-7-4-6-13(21-18(24)9-2-1-3-10-18)17(15)14-12-19-16-8-5-11-20-22(14)16/h4-8,11-12,21,23-24H,1-3,9-10H2. The van der Waals surface area contributed by atoms with Crippen LogP contribution < -0.4 is 5.32 Å². The van der Waals surface area contributed by atoms with Crippen LogP contribution in [0.3, 0.4) is 0 Å². The molecule has 1 fully saturated rings. The van der Waals surface area contributed by atoms with Gasteiger partial charge in [0.25, 0.3) is 0 Å². The number of aliphatic hydroxyl groups is 1. The summed E-state index contributed by atoms with van der Waals surface area (Å²) >= 11 is 0. The number of hydrogen-bond acceptors (Lipinski definition) is 5. The minimum atomic E-state index is -0.936. The molecule has 0 spiro atoms. The summed E-state index contributed by atoms with van der Waals surface area (Å²) in [4.78, 5) is 4.34. The van der Waals surface area contributed by atoms with Gasteiger partial charge in [-0.05, 0) is 49.9 Å². The van der Waals surface area contributed by atoms with Crippen molar-refractivity contribution in [2.24, 2.45) is 0 Å². The van der Waals surface area contributed by atoms with Gasteiger partial charge < -0.3 is 15.5 Å². The van der Waals surface area contributed by atoms with E-state index in [9.17, 15) is 10.2 Å². The zero-order valence-electron chi connectivity index (χ0n) is 13.3. The monoisotopic (exact) mass is 324 g/mol. The lowest BCUT2D eigenvalue weighted by Gasteiger charge is -2.34. The second-order valence-electron chi connectivity index (χ2n) is 6.35. The lowest BCUT2D eigenvalue weighted by Crippen LogP contribution is -2.40. The van der Waals surface area contributed by atoms with Crippen LogP contribution in [0.4, 0.5) is 5.69 Å². The van der Waals surface area contributed by atoms with E-state index in [1.807, 2.05) is 18.2 Å². The number of aromatic nitrogens is 3. The van der Waals surface area contributed by atoms with Crippen molar-refractivity contribution in [3.8, 4) is 17.0 Å². The summed E-state index contributed by atoms with van der Waals surface area (Å²) in [5, 5.41) is 28.8. The number of fused-ring (bicyclic) bond motifs is 1. The molecule has 1 saturated carbocycles. The zero-order valence-corrected chi connectivity index (χ0v) is 13.3. The van der Waals surface area contributed by atoms with Gasteiger partial charge >= 0.3 is 0 Å². The molecule has 24 heavy (non-hydrogen) atoms. The third-order valence-corrected chi connectivity index (χ3v) is 4.62. The molecule has 0 bridgehead atoms. The Morgan fingerprint density at radius 2 is 1.92 bits per heavy atom. The van der Waals surface area contributed by atoms with Gasteiger partial charge in [-0.2, -0.15) is 5.10 Å². The highest BCUT2D eigenvalue weighted by atomic mass is 16.3. The number of nitrogens with one attached hydrogen (secondary N) is 1. The first-order valence-electron chi connectivity index (χ1n) is 8.28. The second-order valence-corrected chi connectivity index (χ2v) is 6.35. The molecule has 0 atom stereocenters. The van der Waals surface area contributed by atoms with Gasteiger partial charge in [0.1, 0.15) is 11.5 Å². The van der Waals surface area contributed by atoms with Crippen molar-refractivity contribution >= 4 is 11.3 Å². The Balaban J connectivity index is 1.81. The average Bonchev–Trinajstić information content (AvgIpc) is 2.99. The van der Waals surface area contributed by atoms with Gasteiger partial charge in [0.05, 0.1) is 17.5 Å². The zero-order chi connectivity index (χ0) is 16.6. The molecule has 3 N–H and O–H groups in total. The summed E-state index contributed by atoms with van der Waals surface area (Å²) in [6.07, 6.45) is 7.91. The van der Waals surface area contributed by atoms with Crippen molar-refractivity contribution in [1.82, 2.24) is 14.6 Å². The lowest BCUT2D eigenvalue weighted by molar-refractivity contribution is 0.0317. The van der Waals surface area contributed by atoms with E-state index in [1.165, 1.54) is 0 Å². The molecule has 2 aromatic heterocycles. The Bertz CT molecular complexity index is 868. The van der Waals surface area contributed by atoms with Gasteiger partial charge in [-0.1, -0.05) is 12.5 Å². The van der Waals surface area contributed by atoms with E-state index in [0.717, 1.165) is 19.3 Å². The number of phenolic OH excluding ortho intramolecular Hbond substituents is 1. The Hall–Kier alpha value is -2.60. The quantitative estimate of drug-likeness (QED) is 0.645. The molecule has 0 radical (unpaired) electrons. The number of imidazole rings is 1. The number of nitrogens with zero attached hydrogens (tertiary/aromatic N) is 3. The van der Waals surface area contributed by atoms with Crippen LogP contribution in [0.1, 0.15) is 32.1 Å². The van der Waals surface area contributed by atoms with Crippen LogP contribution in [0, 0.1) is 0 Å². The SMILES string of the molecule is Oc1cccc(NC2(O)CCCCC2)c1-c1cnc2cccnn12. The van der Waals surface area contributed by atoms with Crippen LogP contribution in [0.15, 0.2) is 42.7 Å². The minimum absolute atomic E-state index is 0.131. The summed E-state index contributed by atoms with van der Waals surface area (Å²) in [5.41, 5.74) is 1.74. The number of rotatable bonds is 3. The molecule has 6 nitrogen and oxygen atoms in total. The maximum Gasteiger partial charge on any atom is 0.154 e. The molecule has 0 unspecified atom stereocenters. The fourth-order valence-corrected chi connectivity index (χ4v) is 3.43. The van der Waals surface area contributed by atoms with E-state index >= 15 is 0 Å². The summed E-state index contributed by atoms with van der Waals surface area (Å²) in [5.74, 6) is 0.131. The molecule has 0 aliphatic heterocycles. The summed E-state index contributed by atoms with van der Waals surface area (Å²) in [6.45, 7) is 0. The van der Waals surface area contributed by atoms with E-state index in [1.54, 1.807) is 29.0 Å². The van der Waals surface area contributed by atoms with E-state index < -0.39 is 5.72 Å². The number of aromatic hydroxyl groups is 1. The molecule has 6 heteroatoms. The van der Waals surface area contributed by atoms with Gasteiger partial charge in [-0.3, -0.25) is 0 Å². The van der Waals surface area contributed by atoms with Crippen LogP contribution >= 0.6 is 0 Å². The summed E-state index contributed by atoms with van der Waals surface area (Å²) in [7, 11) is 0. The molecule has 3 aromatic rings. The highest BCUT2D eigenvalue weighted by Gasteiger charge is 2.30. The van der Waals surface area contributed by atoms with Crippen LogP contribution in [0.25, 0.3) is 16.9 Å². The fraction of sp³-hybridized carbons (Fsp3) is 0.333. The van der Waals surface area contributed by atoms with Crippen molar-refractivity contribution in [3.05, 3.63) is 42.7 Å². The first-order chi connectivity index (χ1) is 11.7. The highest BCUT2D eigenvalue weighted by Crippen LogP contribution is 2.39. The maximum atomic E-state index is 10.8. The second kappa shape index (κ2) is 5.79. The van der Waals surface area contributed by atoms with Crippen molar-refractivity contribution in [3.63, 3.8) is 0 Å². The van der Waals surface area contributed by atoms with E-state index in [0.29, 0.717) is 35.4 Å². The normalized spacial score (nSPS) is 17.0. The lowest BCUT2D eigenvalue weighted by atomic mass is 9.91. The highest BCUT2D eigenvalue weighted by molar-refractivity contribution is 5.82. The third-order valence-electron chi connectivity index (χ3n) is 4.62. The molecule has 2 heterocycles. The van der Waals surface area contributed by atoms with Crippen LogP contribution in [-0.4, -0.2) is 30.5 Å². The molecule has 0 amide bonds. The Morgan fingerprint density at radius 1 is 1.08 bits per heavy atom. The van der Waals surface area contributed by atoms with Gasteiger partial charge in [-0.15, -0.1) is 0 Å². The van der Waals surface area contributed by atoms with Gasteiger partial charge in [0.15, 0.2) is 5.65 Å². The summed E-state index contributed by atoms with van der Waals surface area (Å²) < 4.78 is 1.69. The molecule has 1 aromatic carbocycles. The molecule has 1 aliphatic rings. The Morgan fingerprint density at radius 3 is 2.75 bits per heavy atom. The Kier molecular flexibility index (Phi) is 3.61. The summed E-state index contributed by atoms with van der Waals surface area (Å²) in [6, 6.07) is 8.95. The predicted octanol–water partition coefficient (Wildman–Crippen LogP) is 3.17. The van der Waals surface area contributed by atoms with Crippen molar-refractivity contribution in [2.45, 2.75) is 37.8 Å². The molecular weight excluding hydrogens is 304 g/mol. The first kappa shape index (κ1) is 15.0. The number of hydrogen-bond donors (Lipinski definition) is 3. The topological polar surface area (TPSA) is 82.7 Å². The van der Waals surface area contributed by atoms with E-state index in [4.69, 9.17) is 0 Å². The fourth-order valence-electron chi connectivity index (χ4n) is 3.43. The number of benzene rings is 1. The molecular formula is C18H20N4O2. The number of anilines is 1. The molecule has 4 rings (SSSR count).